The molecule has 3 rings (SSSR count). The fourth-order valence-corrected chi connectivity index (χ4v) is 5.76. The van der Waals surface area contributed by atoms with E-state index in [1.165, 1.54) is 10.5 Å². The summed E-state index contributed by atoms with van der Waals surface area (Å²) in [4.78, 5) is 22.9. The molecule has 0 unspecified atom stereocenters. The number of carbonyl (C=O) groups is 1. The molecule has 0 atom stereocenters. The molecule has 0 radical (unpaired) electrons. The second kappa shape index (κ2) is 7.84. The third-order valence-corrected chi connectivity index (χ3v) is 8.23. The third-order valence-electron chi connectivity index (χ3n) is 6.05. The monoisotopic (exact) mass is 416 g/mol. The van der Waals surface area contributed by atoms with Gasteiger partial charge in [0.25, 0.3) is 5.91 Å². The van der Waals surface area contributed by atoms with Gasteiger partial charge in [0.1, 0.15) is 5.69 Å². The number of aryl methyl sites for hydroxylation is 1. The van der Waals surface area contributed by atoms with E-state index in [4.69, 9.17) is 0 Å². The van der Waals surface area contributed by atoms with E-state index in [1.54, 1.807) is 11.1 Å². The topological polar surface area (TPSA) is 83.5 Å². The molecule has 1 aromatic carbocycles. The van der Waals surface area contributed by atoms with Gasteiger partial charge in [-0.25, -0.2) is 13.4 Å². The molecule has 1 amide bonds. The van der Waals surface area contributed by atoms with Crippen LogP contribution in [0.15, 0.2) is 17.3 Å². The average Bonchev–Trinajstić information content (AvgIpc) is 2.71. The lowest BCUT2D eigenvalue weighted by molar-refractivity contribution is 0.0691. The summed E-state index contributed by atoms with van der Waals surface area (Å²) in [5, 5.41) is 0. The standard InChI is InChI=1S/C21H28N4O3S/c1-13-11-23-19(12-22-13)21(26)24-7-9-25(10-8-24)29(27,28)20-17(5)15(3)14(2)16(4)18(20)6/h11-12H,7-10H2,1-6H3. The van der Waals surface area contributed by atoms with Crippen LogP contribution in [0.1, 0.15) is 44.0 Å². The fourth-order valence-electron chi connectivity index (χ4n) is 3.78. The number of aromatic nitrogens is 2. The average molecular weight is 417 g/mol. The Kier molecular flexibility index (Phi) is 5.78. The molecule has 0 N–H and O–H groups in total. The Labute approximate surface area is 172 Å². The molecular weight excluding hydrogens is 388 g/mol. The van der Waals surface area contributed by atoms with Gasteiger partial charge in [0.2, 0.25) is 10.0 Å². The number of nitrogens with zero attached hydrogens (tertiary/aromatic N) is 4. The predicted molar refractivity (Wildman–Crippen MR) is 112 cm³/mol. The Morgan fingerprint density at radius 2 is 1.31 bits per heavy atom. The van der Waals surface area contributed by atoms with Crippen molar-refractivity contribution in [2.45, 2.75) is 46.4 Å². The normalized spacial score (nSPS) is 15.6. The molecular formula is C21H28N4O3S. The van der Waals surface area contributed by atoms with Crippen molar-refractivity contribution in [3.05, 3.63) is 51.6 Å². The van der Waals surface area contributed by atoms with Crippen molar-refractivity contribution in [3.63, 3.8) is 0 Å². The maximum absolute atomic E-state index is 13.4. The van der Waals surface area contributed by atoms with E-state index in [0.717, 1.165) is 33.5 Å². The lowest BCUT2D eigenvalue weighted by atomic mass is 9.95. The maximum Gasteiger partial charge on any atom is 0.274 e. The summed E-state index contributed by atoms with van der Waals surface area (Å²) in [6, 6.07) is 0. The Morgan fingerprint density at radius 3 is 1.79 bits per heavy atom. The zero-order valence-corrected chi connectivity index (χ0v) is 18.7. The molecule has 1 fully saturated rings. The molecule has 2 aromatic rings. The molecule has 1 aromatic heterocycles. The summed E-state index contributed by atoms with van der Waals surface area (Å²) in [5.74, 6) is -0.219. The van der Waals surface area contributed by atoms with Crippen LogP contribution in [-0.2, 0) is 10.0 Å². The predicted octanol–water partition coefficient (Wildman–Crippen LogP) is 2.47. The minimum absolute atomic E-state index is 0.219. The van der Waals surface area contributed by atoms with E-state index in [9.17, 15) is 13.2 Å². The minimum atomic E-state index is -3.64. The van der Waals surface area contributed by atoms with Crippen molar-refractivity contribution in [2.24, 2.45) is 0 Å². The largest absolute Gasteiger partial charge is 0.335 e. The van der Waals surface area contributed by atoms with Crippen molar-refractivity contribution in [1.82, 2.24) is 19.2 Å². The van der Waals surface area contributed by atoms with Gasteiger partial charge >= 0.3 is 0 Å². The molecule has 1 aliphatic rings. The number of hydrogen-bond acceptors (Lipinski definition) is 5. The number of hydrogen-bond donors (Lipinski definition) is 0. The van der Waals surface area contributed by atoms with Crippen LogP contribution in [0.4, 0.5) is 0 Å². The Hall–Kier alpha value is -2.32. The summed E-state index contributed by atoms with van der Waals surface area (Å²) in [6.07, 6.45) is 3.02. The van der Waals surface area contributed by atoms with E-state index in [2.05, 4.69) is 9.97 Å². The number of amides is 1. The summed E-state index contributed by atoms with van der Waals surface area (Å²) >= 11 is 0. The minimum Gasteiger partial charge on any atom is -0.335 e. The fraction of sp³-hybridized carbons (Fsp3) is 0.476. The first-order chi connectivity index (χ1) is 13.6. The van der Waals surface area contributed by atoms with E-state index in [1.807, 2.05) is 41.5 Å². The molecule has 0 spiro atoms. The van der Waals surface area contributed by atoms with Gasteiger partial charge in [-0.15, -0.1) is 0 Å². The zero-order chi connectivity index (χ0) is 21.5. The first-order valence-corrected chi connectivity index (χ1v) is 11.1. The van der Waals surface area contributed by atoms with Crippen LogP contribution in [0.2, 0.25) is 0 Å². The van der Waals surface area contributed by atoms with Crippen LogP contribution in [-0.4, -0.2) is 59.7 Å². The smallest absolute Gasteiger partial charge is 0.274 e. The SMILES string of the molecule is Cc1cnc(C(=O)N2CCN(S(=O)(=O)c3c(C)c(C)c(C)c(C)c3C)CC2)cn1. The van der Waals surface area contributed by atoms with Crippen molar-refractivity contribution in [2.75, 3.05) is 26.2 Å². The first-order valence-electron chi connectivity index (χ1n) is 9.70. The second-order valence-corrected chi connectivity index (χ2v) is 9.57. The maximum atomic E-state index is 13.4. The van der Waals surface area contributed by atoms with Gasteiger partial charge in [-0.05, 0) is 69.4 Å². The quantitative estimate of drug-likeness (QED) is 0.768. The van der Waals surface area contributed by atoms with Crippen molar-refractivity contribution in [1.29, 1.82) is 0 Å². The highest BCUT2D eigenvalue weighted by molar-refractivity contribution is 7.89. The molecule has 7 nitrogen and oxygen atoms in total. The molecule has 2 heterocycles. The number of piperazine rings is 1. The number of sulfonamides is 1. The second-order valence-electron chi connectivity index (χ2n) is 7.69. The van der Waals surface area contributed by atoms with Crippen molar-refractivity contribution >= 4 is 15.9 Å². The molecule has 1 aliphatic heterocycles. The Bertz CT molecular complexity index is 1030. The van der Waals surface area contributed by atoms with E-state index >= 15 is 0 Å². The van der Waals surface area contributed by atoms with Gasteiger partial charge in [0.15, 0.2) is 0 Å². The number of carbonyl (C=O) groups excluding carboxylic acids is 1. The molecule has 1 saturated heterocycles. The molecule has 8 heteroatoms. The van der Waals surface area contributed by atoms with Crippen LogP contribution in [0.3, 0.4) is 0 Å². The zero-order valence-electron chi connectivity index (χ0n) is 17.9. The van der Waals surface area contributed by atoms with Gasteiger partial charge in [-0.3, -0.25) is 9.78 Å². The van der Waals surface area contributed by atoms with Gasteiger partial charge < -0.3 is 4.90 Å². The molecule has 0 bridgehead atoms. The van der Waals surface area contributed by atoms with Crippen molar-refractivity contribution < 1.29 is 13.2 Å². The molecule has 0 saturated carbocycles. The molecule has 29 heavy (non-hydrogen) atoms. The highest BCUT2D eigenvalue weighted by Gasteiger charge is 2.33. The highest BCUT2D eigenvalue weighted by atomic mass is 32.2. The third kappa shape index (κ3) is 3.79. The number of benzene rings is 1. The van der Waals surface area contributed by atoms with Crippen molar-refractivity contribution in [3.8, 4) is 0 Å². The van der Waals surface area contributed by atoms with Crippen LogP contribution in [0, 0.1) is 41.5 Å². The van der Waals surface area contributed by atoms with Gasteiger partial charge in [0, 0.05) is 32.4 Å². The Morgan fingerprint density at radius 1 is 0.793 bits per heavy atom. The van der Waals surface area contributed by atoms with Crippen LogP contribution < -0.4 is 0 Å². The van der Waals surface area contributed by atoms with Crippen LogP contribution in [0.5, 0.6) is 0 Å². The Balaban J connectivity index is 1.82. The van der Waals surface area contributed by atoms with E-state index in [0.29, 0.717) is 18.0 Å². The van der Waals surface area contributed by atoms with Gasteiger partial charge in [-0.2, -0.15) is 4.31 Å². The highest BCUT2D eigenvalue weighted by Crippen LogP contribution is 2.32. The molecule has 156 valence electrons. The van der Waals surface area contributed by atoms with Crippen LogP contribution >= 0.6 is 0 Å². The van der Waals surface area contributed by atoms with E-state index in [-0.39, 0.29) is 24.7 Å². The summed E-state index contributed by atoms with van der Waals surface area (Å²) in [6.45, 7) is 12.7. The lowest BCUT2D eigenvalue weighted by Crippen LogP contribution is -2.50. The summed E-state index contributed by atoms with van der Waals surface area (Å²) in [5.41, 5.74) is 5.79. The first kappa shape index (κ1) is 21.4. The summed E-state index contributed by atoms with van der Waals surface area (Å²) in [7, 11) is -3.64. The van der Waals surface area contributed by atoms with E-state index < -0.39 is 10.0 Å². The van der Waals surface area contributed by atoms with Gasteiger partial charge in [0.05, 0.1) is 16.8 Å². The number of rotatable bonds is 3. The lowest BCUT2D eigenvalue weighted by Gasteiger charge is -2.34. The van der Waals surface area contributed by atoms with Gasteiger partial charge in [-0.1, -0.05) is 0 Å². The van der Waals surface area contributed by atoms with Crippen LogP contribution in [0.25, 0.3) is 0 Å². The molecule has 0 aliphatic carbocycles. The summed E-state index contributed by atoms with van der Waals surface area (Å²) < 4.78 is 28.3.